The lowest BCUT2D eigenvalue weighted by Crippen LogP contribution is -2.74. The van der Waals surface area contributed by atoms with E-state index in [4.69, 9.17) is 18.9 Å². The topological polar surface area (TPSA) is 219 Å². The molecule has 226 valence electrons. The van der Waals surface area contributed by atoms with Crippen LogP contribution in [-0.4, -0.2) is 139 Å². The molecule has 0 spiro atoms. The molecular weight excluding hydrogens is 508 g/mol. The Morgan fingerprint density at radius 1 is 0.816 bits per heavy atom. The average Bonchev–Trinajstić information content (AvgIpc) is 2.91. The number of ether oxygens (including phenoxy) is 4. The second kappa shape index (κ2) is 15.5. The van der Waals surface area contributed by atoms with E-state index in [0.717, 1.165) is 25.7 Å². The van der Waals surface area contributed by atoms with Crippen LogP contribution in [0.25, 0.3) is 0 Å². The molecule has 2 heterocycles. The molecule has 0 bridgehead atoms. The zero-order valence-electron chi connectivity index (χ0n) is 22.3. The first kappa shape index (κ1) is 33.7. The lowest BCUT2D eigenvalue weighted by Gasteiger charge is -2.56. The molecule has 38 heavy (non-hydrogen) atoms. The average molecular weight is 557 g/mol. The molecule has 0 aliphatic carbocycles. The van der Waals surface area contributed by atoms with E-state index >= 15 is 0 Å². The standard InChI is InChI=1S/C25H48O13/c1-3-5-7-9-24(34)22(33)19(30)17(14-35-23-21(32)20(31)18(29)16(12-27)37-23)38-25(24,10-8-6-4-2)36-13-15(28)11-26/h15-23,26-34H,3-14H2,1-2H3/t15-,16-,17-,18+,19+,20+,21-,22+,23+,24-,25-/m1/s1. The number of hydrogen-bond acceptors (Lipinski definition) is 13. The molecule has 0 aromatic carbocycles. The summed E-state index contributed by atoms with van der Waals surface area (Å²) in [7, 11) is 0. The highest BCUT2D eigenvalue weighted by atomic mass is 16.7. The highest BCUT2D eigenvalue weighted by Gasteiger charge is 2.64. The van der Waals surface area contributed by atoms with Gasteiger partial charge in [0.05, 0.1) is 26.4 Å². The molecule has 0 amide bonds. The normalized spacial score (nSPS) is 40.8. The van der Waals surface area contributed by atoms with Crippen LogP contribution in [0.15, 0.2) is 0 Å². The van der Waals surface area contributed by atoms with E-state index in [2.05, 4.69) is 0 Å². The minimum atomic E-state index is -2.07. The van der Waals surface area contributed by atoms with Gasteiger partial charge in [-0.05, 0) is 12.8 Å². The molecule has 2 saturated heterocycles. The van der Waals surface area contributed by atoms with Crippen LogP contribution in [0.4, 0.5) is 0 Å². The van der Waals surface area contributed by atoms with Crippen molar-refractivity contribution in [2.45, 2.75) is 132 Å². The second-order valence-electron chi connectivity index (χ2n) is 10.4. The van der Waals surface area contributed by atoms with Crippen molar-refractivity contribution in [1.29, 1.82) is 0 Å². The summed E-state index contributed by atoms with van der Waals surface area (Å²) in [6, 6.07) is 0. The van der Waals surface area contributed by atoms with Gasteiger partial charge in [0.25, 0.3) is 0 Å². The fraction of sp³-hybridized carbons (Fsp3) is 1.00. The van der Waals surface area contributed by atoms with Crippen LogP contribution in [-0.2, 0) is 18.9 Å². The van der Waals surface area contributed by atoms with Gasteiger partial charge in [-0.25, -0.2) is 0 Å². The number of aliphatic hydroxyl groups is 9. The molecule has 2 rings (SSSR count). The SMILES string of the molecule is CCCCC[C@@]1(OC[C@H](O)CO)O[C@H](CO[C@H]2O[C@H](CO)[C@H](O)[C@H](O)[C@H]2O)[C@H](O)[C@H](O)[C@]1(O)CCCCC. The summed E-state index contributed by atoms with van der Waals surface area (Å²) < 4.78 is 23.0. The Bertz CT molecular complexity index is 669. The van der Waals surface area contributed by atoms with Crippen molar-refractivity contribution in [2.75, 3.05) is 26.4 Å². The second-order valence-corrected chi connectivity index (χ2v) is 10.4. The largest absolute Gasteiger partial charge is 0.394 e. The van der Waals surface area contributed by atoms with Crippen LogP contribution in [0.2, 0.25) is 0 Å². The maximum absolute atomic E-state index is 11.8. The van der Waals surface area contributed by atoms with E-state index in [0.29, 0.717) is 12.8 Å². The number of rotatable bonds is 16. The van der Waals surface area contributed by atoms with Gasteiger partial charge < -0.3 is 64.9 Å². The molecule has 0 saturated carbocycles. The molecule has 2 aliphatic heterocycles. The van der Waals surface area contributed by atoms with Gasteiger partial charge >= 0.3 is 0 Å². The van der Waals surface area contributed by atoms with E-state index in [-0.39, 0.29) is 12.8 Å². The van der Waals surface area contributed by atoms with Crippen molar-refractivity contribution in [1.82, 2.24) is 0 Å². The lowest BCUT2D eigenvalue weighted by molar-refractivity contribution is -0.413. The van der Waals surface area contributed by atoms with Gasteiger partial charge in [0, 0.05) is 6.42 Å². The molecule has 11 atom stereocenters. The number of unbranched alkanes of at least 4 members (excludes halogenated alkanes) is 4. The molecule has 9 N–H and O–H groups in total. The minimum Gasteiger partial charge on any atom is -0.394 e. The third kappa shape index (κ3) is 7.60. The van der Waals surface area contributed by atoms with Crippen molar-refractivity contribution in [3.8, 4) is 0 Å². The summed E-state index contributed by atoms with van der Waals surface area (Å²) >= 11 is 0. The Balaban J connectivity index is 2.32. The number of hydrogen-bond donors (Lipinski definition) is 9. The summed E-state index contributed by atoms with van der Waals surface area (Å²) in [4.78, 5) is 0. The summed E-state index contributed by atoms with van der Waals surface area (Å²) in [5.41, 5.74) is -2.07. The third-order valence-electron chi connectivity index (χ3n) is 7.46. The Kier molecular flexibility index (Phi) is 13.7. The molecule has 0 aromatic heterocycles. The predicted molar refractivity (Wildman–Crippen MR) is 132 cm³/mol. The zero-order valence-corrected chi connectivity index (χ0v) is 22.3. The van der Waals surface area contributed by atoms with Gasteiger partial charge in [-0.15, -0.1) is 0 Å². The summed E-state index contributed by atoms with van der Waals surface area (Å²) in [6.07, 6.45) is -9.36. The van der Waals surface area contributed by atoms with Crippen molar-refractivity contribution >= 4 is 0 Å². The highest BCUT2D eigenvalue weighted by molar-refractivity contribution is 5.08. The van der Waals surface area contributed by atoms with Gasteiger partial charge in [-0.2, -0.15) is 0 Å². The first-order valence-electron chi connectivity index (χ1n) is 13.6. The smallest absolute Gasteiger partial charge is 0.200 e. The molecule has 2 aliphatic rings. The van der Waals surface area contributed by atoms with Crippen LogP contribution in [0.3, 0.4) is 0 Å². The monoisotopic (exact) mass is 556 g/mol. The van der Waals surface area contributed by atoms with Crippen LogP contribution in [0, 0.1) is 0 Å². The van der Waals surface area contributed by atoms with Crippen molar-refractivity contribution in [2.24, 2.45) is 0 Å². The van der Waals surface area contributed by atoms with Crippen molar-refractivity contribution in [3.63, 3.8) is 0 Å². The van der Waals surface area contributed by atoms with Gasteiger partial charge in [-0.3, -0.25) is 0 Å². The van der Waals surface area contributed by atoms with E-state index < -0.39 is 92.9 Å². The molecule has 0 aromatic rings. The minimum absolute atomic E-state index is 0.0285. The first-order chi connectivity index (χ1) is 18.0. The molecule has 0 unspecified atom stereocenters. The molecule has 13 nitrogen and oxygen atoms in total. The fourth-order valence-electron chi connectivity index (χ4n) is 5.04. The van der Waals surface area contributed by atoms with Gasteiger partial charge in [0.1, 0.15) is 54.4 Å². The van der Waals surface area contributed by atoms with Gasteiger partial charge in [0.2, 0.25) is 5.79 Å². The maximum Gasteiger partial charge on any atom is 0.200 e. The molecule has 0 radical (unpaired) electrons. The third-order valence-corrected chi connectivity index (χ3v) is 7.46. The highest BCUT2D eigenvalue weighted by Crippen LogP contribution is 2.46. The predicted octanol–water partition coefficient (Wildman–Crippen LogP) is -2.12. The zero-order chi connectivity index (χ0) is 28.5. The van der Waals surface area contributed by atoms with Crippen LogP contribution in [0.5, 0.6) is 0 Å². The summed E-state index contributed by atoms with van der Waals surface area (Å²) in [6.45, 7) is 1.79. The van der Waals surface area contributed by atoms with E-state index in [1.807, 2.05) is 13.8 Å². The van der Waals surface area contributed by atoms with Gasteiger partial charge in [-0.1, -0.05) is 46.0 Å². The summed E-state index contributed by atoms with van der Waals surface area (Å²) in [5, 5.41) is 93.0. The van der Waals surface area contributed by atoms with E-state index in [1.54, 1.807) is 0 Å². The van der Waals surface area contributed by atoms with Crippen LogP contribution < -0.4 is 0 Å². The molecular formula is C25H48O13. The van der Waals surface area contributed by atoms with E-state index in [1.165, 1.54) is 0 Å². The van der Waals surface area contributed by atoms with Crippen LogP contribution in [0.1, 0.15) is 65.2 Å². The maximum atomic E-state index is 11.8. The quantitative estimate of drug-likeness (QED) is 0.0930. The Morgan fingerprint density at radius 2 is 1.45 bits per heavy atom. The lowest BCUT2D eigenvalue weighted by atomic mass is 9.74. The Morgan fingerprint density at radius 3 is 2.03 bits per heavy atom. The van der Waals surface area contributed by atoms with Gasteiger partial charge in [0.15, 0.2) is 6.29 Å². The Hall–Kier alpha value is -0.520. The fourth-order valence-corrected chi connectivity index (χ4v) is 5.04. The number of aliphatic hydroxyl groups excluding tert-OH is 8. The van der Waals surface area contributed by atoms with Crippen molar-refractivity contribution in [3.05, 3.63) is 0 Å². The summed E-state index contributed by atoms with van der Waals surface area (Å²) in [5.74, 6) is -1.88. The molecule has 13 heteroatoms. The first-order valence-corrected chi connectivity index (χ1v) is 13.6. The molecule has 2 fully saturated rings. The van der Waals surface area contributed by atoms with Crippen molar-refractivity contribution < 1.29 is 64.9 Å². The van der Waals surface area contributed by atoms with Crippen LogP contribution >= 0.6 is 0 Å². The Labute approximate surface area is 223 Å². The van der Waals surface area contributed by atoms with E-state index in [9.17, 15) is 46.0 Å².